The number of halogens is 3. The lowest BCUT2D eigenvalue weighted by Crippen LogP contribution is -2.19. The molecule has 0 saturated carbocycles. The number of carbonyl (C=O) groups excluding carboxylic acids is 1. The zero-order valence-corrected chi connectivity index (χ0v) is 16.5. The zero-order chi connectivity index (χ0) is 22.0. The third kappa shape index (κ3) is 4.89. The smallest absolute Gasteiger partial charge is 0.382 e. The highest BCUT2D eigenvalue weighted by Gasteiger charge is 2.29. The van der Waals surface area contributed by atoms with Crippen LogP contribution in [0.15, 0.2) is 65.7 Å². The molecule has 2 aromatic heterocycles. The van der Waals surface area contributed by atoms with Crippen LogP contribution >= 0.6 is 11.8 Å². The van der Waals surface area contributed by atoms with Crippen LogP contribution < -0.4 is 16.4 Å². The molecule has 0 saturated heterocycles. The van der Waals surface area contributed by atoms with Crippen LogP contribution in [0.3, 0.4) is 0 Å². The average molecular weight is 444 g/mol. The largest absolute Gasteiger partial charge is 0.446 e. The molecule has 2 aromatic carbocycles. The number of fused-ring (bicyclic) bond motifs is 1. The molecular weight excluding hydrogens is 429 g/mol. The number of aromatic amines is 1. The minimum Gasteiger partial charge on any atom is -0.382 e. The van der Waals surface area contributed by atoms with E-state index < -0.39 is 11.5 Å². The van der Waals surface area contributed by atoms with Gasteiger partial charge in [-0.15, -0.1) is 0 Å². The van der Waals surface area contributed by atoms with Crippen LogP contribution in [0.25, 0.3) is 22.2 Å². The predicted octanol–water partition coefficient (Wildman–Crippen LogP) is 5.46. The van der Waals surface area contributed by atoms with Gasteiger partial charge in [0.25, 0.3) is 0 Å². The fourth-order valence-corrected chi connectivity index (χ4v) is 3.59. The van der Waals surface area contributed by atoms with Crippen molar-refractivity contribution in [2.75, 3.05) is 16.4 Å². The molecule has 0 aliphatic heterocycles. The van der Waals surface area contributed by atoms with Gasteiger partial charge in [0.2, 0.25) is 0 Å². The Kier molecular flexibility index (Phi) is 5.42. The average Bonchev–Trinajstić information content (AvgIpc) is 3.09. The molecule has 0 aliphatic rings. The Morgan fingerprint density at radius 2 is 1.77 bits per heavy atom. The molecule has 0 bridgehead atoms. The first-order valence-corrected chi connectivity index (χ1v) is 9.73. The molecule has 4 aromatic rings. The maximum atomic E-state index is 12.5. The first-order valence-electron chi connectivity index (χ1n) is 8.91. The van der Waals surface area contributed by atoms with Gasteiger partial charge in [-0.3, -0.25) is 10.1 Å². The number of anilines is 3. The molecule has 5 N–H and O–H groups in total. The Morgan fingerprint density at radius 1 is 1.03 bits per heavy atom. The number of H-pyrrole nitrogens is 1. The number of urea groups is 1. The number of thioether (sulfide) groups is 1. The summed E-state index contributed by atoms with van der Waals surface area (Å²) < 4.78 is 37.5. The SMILES string of the molecule is Nc1n[nH]c2ccnc(-c3ccc(NC(=O)Nc4cccc(SC(F)(F)F)c4)cc3)c12. The minimum atomic E-state index is -4.40. The van der Waals surface area contributed by atoms with Crippen LogP contribution in [-0.4, -0.2) is 26.7 Å². The van der Waals surface area contributed by atoms with Crippen LogP contribution in [0, 0.1) is 0 Å². The normalized spacial score (nSPS) is 11.5. The van der Waals surface area contributed by atoms with Crippen molar-refractivity contribution in [3.63, 3.8) is 0 Å². The summed E-state index contributed by atoms with van der Waals surface area (Å²) in [7, 11) is 0. The highest BCUT2D eigenvalue weighted by atomic mass is 32.2. The van der Waals surface area contributed by atoms with E-state index in [1.807, 2.05) is 0 Å². The Balaban J connectivity index is 1.45. The summed E-state index contributed by atoms with van der Waals surface area (Å²) in [5, 5.41) is 12.7. The van der Waals surface area contributed by atoms with Crippen molar-refractivity contribution in [2.45, 2.75) is 10.4 Å². The number of hydrogen-bond acceptors (Lipinski definition) is 5. The van der Waals surface area contributed by atoms with Crippen LogP contribution in [0.1, 0.15) is 0 Å². The predicted molar refractivity (Wildman–Crippen MR) is 115 cm³/mol. The van der Waals surface area contributed by atoms with Gasteiger partial charge in [-0.05, 0) is 48.2 Å². The van der Waals surface area contributed by atoms with Crippen molar-refractivity contribution in [2.24, 2.45) is 0 Å². The van der Waals surface area contributed by atoms with E-state index in [0.29, 0.717) is 22.6 Å². The summed E-state index contributed by atoms with van der Waals surface area (Å²) in [4.78, 5) is 16.6. The molecule has 2 amide bonds. The number of carbonyl (C=O) groups is 1. The molecule has 0 atom stereocenters. The number of nitrogens with zero attached hydrogens (tertiary/aromatic N) is 2. The Hall–Kier alpha value is -3.73. The fourth-order valence-electron chi connectivity index (χ4n) is 2.99. The first-order chi connectivity index (χ1) is 14.8. The van der Waals surface area contributed by atoms with Crippen molar-refractivity contribution in [1.29, 1.82) is 0 Å². The van der Waals surface area contributed by atoms with Gasteiger partial charge >= 0.3 is 11.5 Å². The van der Waals surface area contributed by atoms with Gasteiger partial charge in [0.15, 0.2) is 5.82 Å². The van der Waals surface area contributed by atoms with Gasteiger partial charge in [-0.2, -0.15) is 18.3 Å². The second-order valence-corrected chi connectivity index (χ2v) is 7.56. The molecule has 158 valence electrons. The van der Waals surface area contributed by atoms with Crippen molar-refractivity contribution >= 4 is 45.9 Å². The standard InChI is InChI=1S/C20H15F3N6OS/c21-20(22,23)31-14-3-1-2-13(10-14)27-19(30)26-12-6-4-11(5-7-12)17-16-15(8-9-25-17)28-29-18(16)24/h1-10H,(H3,24,28,29)(H2,26,27,30). The number of benzene rings is 2. The highest BCUT2D eigenvalue weighted by molar-refractivity contribution is 8.00. The molecule has 0 spiro atoms. The molecule has 0 fully saturated rings. The van der Waals surface area contributed by atoms with Gasteiger partial charge in [0.1, 0.15) is 0 Å². The van der Waals surface area contributed by atoms with Gasteiger partial charge in [0.05, 0.1) is 16.6 Å². The Bertz CT molecular complexity index is 1240. The quantitative estimate of drug-likeness (QED) is 0.313. The maximum absolute atomic E-state index is 12.5. The summed E-state index contributed by atoms with van der Waals surface area (Å²) >= 11 is -0.245. The van der Waals surface area contributed by atoms with Crippen molar-refractivity contribution in [3.05, 3.63) is 60.8 Å². The molecule has 2 heterocycles. The first kappa shape index (κ1) is 20.5. The number of nitrogens with one attached hydrogen (secondary N) is 3. The van der Waals surface area contributed by atoms with Crippen molar-refractivity contribution in [3.8, 4) is 11.3 Å². The van der Waals surface area contributed by atoms with Crippen LogP contribution in [0.2, 0.25) is 0 Å². The lowest BCUT2D eigenvalue weighted by molar-refractivity contribution is -0.0328. The lowest BCUT2D eigenvalue weighted by atomic mass is 10.1. The molecule has 0 unspecified atom stereocenters. The Morgan fingerprint density at radius 3 is 2.52 bits per heavy atom. The van der Waals surface area contributed by atoms with Crippen LogP contribution in [0.4, 0.5) is 35.2 Å². The molecule has 11 heteroatoms. The summed E-state index contributed by atoms with van der Waals surface area (Å²) in [6.45, 7) is 0. The van der Waals surface area contributed by atoms with Crippen LogP contribution in [-0.2, 0) is 0 Å². The van der Waals surface area contributed by atoms with E-state index in [9.17, 15) is 18.0 Å². The monoisotopic (exact) mass is 444 g/mol. The van der Waals surface area contributed by atoms with E-state index in [2.05, 4.69) is 25.8 Å². The number of nitrogen functional groups attached to an aromatic ring is 1. The van der Waals surface area contributed by atoms with E-state index in [1.54, 1.807) is 36.5 Å². The molecule has 7 nitrogen and oxygen atoms in total. The molecule has 31 heavy (non-hydrogen) atoms. The number of amides is 2. The number of nitrogens with two attached hydrogens (primary N) is 1. The molecule has 0 aliphatic carbocycles. The van der Waals surface area contributed by atoms with E-state index in [4.69, 9.17) is 5.73 Å². The van der Waals surface area contributed by atoms with E-state index in [-0.39, 0.29) is 22.3 Å². The summed E-state index contributed by atoms with van der Waals surface area (Å²) in [5.74, 6) is 0.339. The number of rotatable bonds is 4. The third-order valence-electron chi connectivity index (χ3n) is 4.25. The number of pyridine rings is 1. The lowest BCUT2D eigenvalue weighted by Gasteiger charge is -2.10. The van der Waals surface area contributed by atoms with Crippen molar-refractivity contribution in [1.82, 2.24) is 15.2 Å². The van der Waals surface area contributed by atoms with Gasteiger partial charge < -0.3 is 16.4 Å². The van der Waals surface area contributed by atoms with Gasteiger partial charge in [-0.1, -0.05) is 18.2 Å². The molecule has 4 rings (SSSR count). The maximum Gasteiger partial charge on any atom is 0.446 e. The van der Waals surface area contributed by atoms with Crippen LogP contribution in [0.5, 0.6) is 0 Å². The molecule has 0 radical (unpaired) electrons. The van der Waals surface area contributed by atoms with E-state index in [1.165, 1.54) is 24.3 Å². The van der Waals surface area contributed by atoms with E-state index >= 15 is 0 Å². The number of alkyl halides is 3. The topological polar surface area (TPSA) is 109 Å². The zero-order valence-electron chi connectivity index (χ0n) is 15.7. The number of aromatic nitrogens is 3. The fraction of sp³-hybridized carbons (Fsp3) is 0.0500. The summed E-state index contributed by atoms with van der Waals surface area (Å²) in [6.07, 6.45) is 1.64. The molecular formula is C20H15F3N6OS. The highest BCUT2D eigenvalue weighted by Crippen LogP contribution is 2.37. The second kappa shape index (κ2) is 8.19. The Labute approximate surface area is 178 Å². The summed E-state index contributed by atoms with van der Waals surface area (Å²) in [5.41, 5.74) is 4.45. The minimum absolute atomic E-state index is 0.0187. The van der Waals surface area contributed by atoms with Gasteiger partial charge in [0, 0.05) is 28.0 Å². The third-order valence-corrected chi connectivity index (χ3v) is 4.97. The number of hydrogen-bond donors (Lipinski definition) is 4. The van der Waals surface area contributed by atoms with E-state index in [0.717, 1.165) is 11.1 Å². The summed E-state index contributed by atoms with van der Waals surface area (Å²) in [6, 6.07) is 13.6. The van der Waals surface area contributed by atoms with Crippen molar-refractivity contribution < 1.29 is 18.0 Å². The second-order valence-electron chi connectivity index (χ2n) is 6.42. The van der Waals surface area contributed by atoms with Gasteiger partial charge in [-0.25, -0.2) is 4.79 Å².